The van der Waals surface area contributed by atoms with Crippen LogP contribution in [0, 0.1) is 6.92 Å². The molecular formula is C8H11NO6S2. The first-order chi connectivity index (χ1) is 7.50. The molecule has 0 bridgehead atoms. The van der Waals surface area contributed by atoms with Gasteiger partial charge >= 0.3 is 20.2 Å². The summed E-state index contributed by atoms with van der Waals surface area (Å²) < 4.78 is 58.8. The molecule has 9 heteroatoms. The van der Waals surface area contributed by atoms with Crippen LogP contribution in [-0.2, 0) is 24.4 Å². The van der Waals surface area contributed by atoms with Gasteiger partial charge in [0.15, 0.2) is 0 Å². The van der Waals surface area contributed by atoms with Gasteiger partial charge in [-0.3, -0.25) is 14.8 Å². The summed E-state index contributed by atoms with van der Waals surface area (Å²) in [5, 5.41) is 0. The SMILES string of the molecule is Cc1ccc(C(N)(S(=O)(=O)O)S(=O)(=O)O)cc1. The van der Waals surface area contributed by atoms with E-state index in [0.29, 0.717) is 0 Å². The van der Waals surface area contributed by atoms with Gasteiger partial charge in [-0.1, -0.05) is 29.8 Å². The third kappa shape index (κ3) is 2.33. The minimum atomic E-state index is -5.25. The lowest BCUT2D eigenvalue weighted by atomic mass is 10.1. The Morgan fingerprint density at radius 3 is 1.65 bits per heavy atom. The first-order valence-electron chi connectivity index (χ1n) is 4.30. The van der Waals surface area contributed by atoms with Crippen molar-refractivity contribution in [1.82, 2.24) is 0 Å². The second kappa shape index (κ2) is 4.03. The highest BCUT2D eigenvalue weighted by molar-refractivity contribution is 8.04. The van der Waals surface area contributed by atoms with E-state index in [1.165, 1.54) is 12.1 Å². The van der Waals surface area contributed by atoms with Crippen LogP contribution in [-0.4, -0.2) is 25.9 Å². The number of benzene rings is 1. The molecule has 1 rings (SSSR count). The van der Waals surface area contributed by atoms with Crippen LogP contribution in [0.1, 0.15) is 11.1 Å². The normalized spacial score (nSPS) is 13.6. The molecule has 7 nitrogen and oxygen atoms in total. The summed E-state index contributed by atoms with van der Waals surface area (Å²) in [6, 6.07) is 4.98. The smallest absolute Gasteiger partial charge is 0.292 e. The van der Waals surface area contributed by atoms with Crippen molar-refractivity contribution in [2.24, 2.45) is 5.73 Å². The maximum atomic E-state index is 11.1. The predicted octanol–water partition coefficient (Wildman–Crippen LogP) is -0.160. The molecule has 1 aromatic rings. The van der Waals surface area contributed by atoms with E-state index in [9.17, 15) is 16.8 Å². The van der Waals surface area contributed by atoms with Gasteiger partial charge in [-0.05, 0) is 6.92 Å². The lowest BCUT2D eigenvalue weighted by molar-refractivity contribution is 0.426. The number of rotatable bonds is 3. The molecule has 17 heavy (non-hydrogen) atoms. The van der Waals surface area contributed by atoms with E-state index in [2.05, 4.69) is 0 Å². The molecule has 0 atom stereocenters. The van der Waals surface area contributed by atoms with Crippen molar-refractivity contribution in [3.8, 4) is 0 Å². The molecule has 1 aromatic carbocycles. The maximum absolute atomic E-state index is 11.1. The fourth-order valence-electron chi connectivity index (χ4n) is 1.22. The molecular weight excluding hydrogens is 270 g/mol. The van der Waals surface area contributed by atoms with Gasteiger partial charge in [0.2, 0.25) is 0 Å². The van der Waals surface area contributed by atoms with Gasteiger partial charge in [0, 0.05) is 5.56 Å². The first-order valence-corrected chi connectivity index (χ1v) is 7.18. The number of aryl methyl sites for hydroxylation is 1. The molecule has 0 saturated carbocycles. The van der Waals surface area contributed by atoms with Crippen LogP contribution in [0.5, 0.6) is 0 Å². The zero-order chi connectivity index (χ0) is 13.5. The van der Waals surface area contributed by atoms with E-state index in [4.69, 9.17) is 14.8 Å². The number of hydrogen-bond donors (Lipinski definition) is 3. The van der Waals surface area contributed by atoms with E-state index in [1.54, 1.807) is 6.92 Å². The van der Waals surface area contributed by atoms with Crippen LogP contribution in [0.15, 0.2) is 24.3 Å². The molecule has 0 spiro atoms. The van der Waals surface area contributed by atoms with Gasteiger partial charge in [-0.2, -0.15) is 16.8 Å². The Bertz CT molecular complexity index is 584. The fourth-order valence-corrected chi connectivity index (χ4v) is 3.15. The highest BCUT2D eigenvalue weighted by atomic mass is 32.3. The molecule has 0 aliphatic rings. The minimum Gasteiger partial charge on any atom is -0.292 e. The predicted molar refractivity (Wildman–Crippen MR) is 60.1 cm³/mol. The van der Waals surface area contributed by atoms with Gasteiger partial charge in [-0.25, -0.2) is 0 Å². The van der Waals surface area contributed by atoms with Crippen LogP contribution >= 0.6 is 0 Å². The van der Waals surface area contributed by atoms with E-state index in [0.717, 1.165) is 17.7 Å². The van der Waals surface area contributed by atoms with E-state index >= 15 is 0 Å². The minimum absolute atomic E-state index is 0.451. The third-order valence-corrected chi connectivity index (χ3v) is 5.49. The fraction of sp³-hybridized carbons (Fsp3) is 0.250. The largest absolute Gasteiger partial charge is 0.305 e. The van der Waals surface area contributed by atoms with Gasteiger partial charge in [0.05, 0.1) is 0 Å². The Balaban J connectivity index is 3.64. The monoisotopic (exact) mass is 281 g/mol. The highest BCUT2D eigenvalue weighted by Gasteiger charge is 2.52. The lowest BCUT2D eigenvalue weighted by Crippen LogP contribution is -2.51. The van der Waals surface area contributed by atoms with Crippen LogP contribution < -0.4 is 5.73 Å². The third-order valence-electron chi connectivity index (χ3n) is 2.22. The van der Waals surface area contributed by atoms with Gasteiger partial charge < -0.3 is 0 Å². The molecule has 0 saturated heterocycles. The second-order valence-electron chi connectivity index (χ2n) is 3.48. The molecule has 4 N–H and O–H groups in total. The standard InChI is InChI=1S/C8H11NO6S2/c1-6-2-4-7(5-3-6)8(9,16(10,11)12)17(13,14)15/h2-5H,9H2,1H3,(H,10,11,12)(H,13,14,15). The zero-order valence-corrected chi connectivity index (χ0v) is 10.4. The average molecular weight is 281 g/mol. The summed E-state index contributed by atoms with van der Waals surface area (Å²) in [6.45, 7) is 1.68. The number of nitrogens with two attached hydrogens (primary N) is 1. The van der Waals surface area contributed by atoms with E-state index in [-0.39, 0.29) is 0 Å². The first kappa shape index (κ1) is 14.1. The molecule has 0 aliphatic heterocycles. The van der Waals surface area contributed by atoms with Crippen molar-refractivity contribution < 1.29 is 25.9 Å². The summed E-state index contributed by atoms with van der Waals surface area (Å²) in [5.74, 6) is 0. The second-order valence-corrected chi connectivity index (χ2v) is 6.93. The highest BCUT2D eigenvalue weighted by Crippen LogP contribution is 2.29. The Morgan fingerprint density at radius 2 is 1.35 bits per heavy atom. The van der Waals surface area contributed by atoms with E-state index in [1.807, 2.05) is 0 Å². The average Bonchev–Trinajstić information content (AvgIpc) is 2.14. The van der Waals surface area contributed by atoms with Crippen molar-refractivity contribution in [2.45, 2.75) is 11.1 Å². The van der Waals surface area contributed by atoms with Gasteiger partial charge in [0.1, 0.15) is 0 Å². The Labute approximate surface area is 98.8 Å². The summed E-state index contributed by atoms with van der Waals surface area (Å²) in [4.78, 5) is 0. The van der Waals surface area contributed by atoms with Crippen molar-refractivity contribution in [1.29, 1.82) is 0 Å². The van der Waals surface area contributed by atoms with Crippen molar-refractivity contribution >= 4 is 20.2 Å². The van der Waals surface area contributed by atoms with Gasteiger partial charge in [-0.15, -0.1) is 0 Å². The van der Waals surface area contributed by atoms with Crippen LogP contribution in [0.4, 0.5) is 0 Å². The molecule has 0 aromatic heterocycles. The quantitative estimate of drug-likeness (QED) is 0.655. The summed E-state index contributed by atoms with van der Waals surface area (Å²) in [7, 11) is -10.5. The molecule has 96 valence electrons. The van der Waals surface area contributed by atoms with Gasteiger partial charge in [0.25, 0.3) is 4.20 Å². The van der Waals surface area contributed by atoms with Crippen LogP contribution in [0.2, 0.25) is 0 Å². The molecule has 0 aliphatic carbocycles. The molecule has 0 amide bonds. The number of hydrogen-bond acceptors (Lipinski definition) is 5. The zero-order valence-electron chi connectivity index (χ0n) is 8.73. The molecule has 0 radical (unpaired) electrons. The molecule has 0 heterocycles. The Kier molecular flexibility index (Phi) is 3.34. The Hall–Kier alpha value is -1.00. The van der Waals surface area contributed by atoms with Crippen molar-refractivity contribution in [3.63, 3.8) is 0 Å². The maximum Gasteiger partial charge on any atom is 0.305 e. The summed E-state index contributed by atoms with van der Waals surface area (Å²) in [6.07, 6.45) is 0. The topological polar surface area (TPSA) is 135 Å². The van der Waals surface area contributed by atoms with Crippen LogP contribution in [0.25, 0.3) is 0 Å². The Morgan fingerprint density at radius 1 is 1.00 bits per heavy atom. The molecule has 0 fully saturated rings. The van der Waals surface area contributed by atoms with Crippen LogP contribution in [0.3, 0.4) is 0 Å². The summed E-state index contributed by atoms with van der Waals surface area (Å²) >= 11 is 0. The van der Waals surface area contributed by atoms with Crippen molar-refractivity contribution in [3.05, 3.63) is 35.4 Å². The lowest BCUT2D eigenvalue weighted by Gasteiger charge is -2.22. The van der Waals surface area contributed by atoms with Crippen molar-refractivity contribution in [2.75, 3.05) is 0 Å². The molecule has 0 unspecified atom stereocenters. The van der Waals surface area contributed by atoms with E-state index < -0.39 is 30.0 Å². The summed E-state index contributed by atoms with van der Waals surface area (Å²) in [5.41, 5.74) is 5.42.